The van der Waals surface area contributed by atoms with Crippen molar-refractivity contribution in [2.75, 3.05) is 19.3 Å². The predicted molar refractivity (Wildman–Crippen MR) is 76.2 cm³/mol. The van der Waals surface area contributed by atoms with Crippen molar-refractivity contribution in [3.63, 3.8) is 0 Å². The lowest BCUT2D eigenvalue weighted by Gasteiger charge is -2.15. The maximum absolute atomic E-state index is 11.6. The summed E-state index contributed by atoms with van der Waals surface area (Å²) in [5.41, 5.74) is 0.439. The molecule has 1 atom stereocenters. The smallest absolute Gasteiger partial charge is 0.330 e. The standard InChI is InChI=1S/C12H17N3O5S/c1-21(19,20)14-8-7-13-12(18)15-10(11(16)17)9-5-3-2-4-6-9/h2-6,10,14H,7-8H2,1H3,(H,16,17)(H2,13,15,18). The number of carboxylic acid groups (broad SMARTS) is 1. The van der Waals surface area contributed by atoms with E-state index in [1.807, 2.05) is 0 Å². The second kappa shape index (κ2) is 7.60. The number of carbonyl (C=O) groups is 2. The zero-order valence-electron chi connectivity index (χ0n) is 11.4. The molecular weight excluding hydrogens is 298 g/mol. The molecule has 0 aliphatic rings. The van der Waals surface area contributed by atoms with E-state index in [0.29, 0.717) is 5.56 Å². The second-order valence-electron chi connectivity index (χ2n) is 4.25. The summed E-state index contributed by atoms with van der Waals surface area (Å²) in [5.74, 6) is -1.19. The maximum Gasteiger partial charge on any atom is 0.330 e. The Kier molecular flexibility index (Phi) is 6.12. The third kappa shape index (κ3) is 6.72. The molecule has 0 aliphatic heterocycles. The van der Waals surface area contributed by atoms with Gasteiger partial charge in [-0.2, -0.15) is 0 Å². The highest BCUT2D eigenvalue weighted by Gasteiger charge is 2.21. The number of carboxylic acids is 1. The summed E-state index contributed by atoms with van der Waals surface area (Å²) in [4.78, 5) is 22.8. The predicted octanol–water partition coefficient (Wildman–Crippen LogP) is -0.339. The van der Waals surface area contributed by atoms with Gasteiger partial charge >= 0.3 is 12.0 Å². The molecule has 8 nitrogen and oxygen atoms in total. The third-order valence-corrected chi connectivity index (χ3v) is 3.16. The summed E-state index contributed by atoms with van der Waals surface area (Å²) in [6, 6.07) is 6.38. The van der Waals surface area contributed by atoms with Crippen LogP contribution in [0.5, 0.6) is 0 Å². The summed E-state index contributed by atoms with van der Waals surface area (Å²) in [7, 11) is -3.32. The Morgan fingerprint density at radius 1 is 1.19 bits per heavy atom. The van der Waals surface area contributed by atoms with E-state index in [1.54, 1.807) is 30.3 Å². The van der Waals surface area contributed by atoms with Crippen LogP contribution < -0.4 is 15.4 Å². The molecule has 1 unspecified atom stereocenters. The summed E-state index contributed by atoms with van der Waals surface area (Å²) in [6.07, 6.45) is 1.00. The van der Waals surface area contributed by atoms with Crippen molar-refractivity contribution in [1.29, 1.82) is 0 Å². The molecule has 0 fully saturated rings. The zero-order valence-corrected chi connectivity index (χ0v) is 12.2. The monoisotopic (exact) mass is 315 g/mol. The van der Waals surface area contributed by atoms with Crippen LogP contribution in [0, 0.1) is 0 Å². The molecule has 0 aromatic heterocycles. The molecule has 0 aliphatic carbocycles. The molecule has 9 heteroatoms. The van der Waals surface area contributed by atoms with Crippen LogP contribution in [0.4, 0.5) is 4.79 Å². The molecule has 1 aromatic carbocycles. The van der Waals surface area contributed by atoms with Gasteiger partial charge < -0.3 is 15.7 Å². The number of hydrogen-bond donors (Lipinski definition) is 4. The molecule has 2 amide bonds. The molecule has 0 radical (unpaired) electrons. The van der Waals surface area contributed by atoms with Gasteiger partial charge in [-0.05, 0) is 5.56 Å². The van der Waals surface area contributed by atoms with Crippen LogP contribution in [0.2, 0.25) is 0 Å². The van der Waals surface area contributed by atoms with Gasteiger partial charge in [-0.25, -0.2) is 22.7 Å². The molecule has 0 heterocycles. The lowest BCUT2D eigenvalue weighted by Crippen LogP contribution is -2.43. The fourth-order valence-corrected chi connectivity index (χ4v) is 2.00. The highest BCUT2D eigenvalue weighted by atomic mass is 32.2. The van der Waals surface area contributed by atoms with Crippen molar-refractivity contribution >= 4 is 22.0 Å². The SMILES string of the molecule is CS(=O)(=O)NCCNC(=O)NC(C(=O)O)c1ccccc1. The van der Waals surface area contributed by atoms with E-state index in [-0.39, 0.29) is 13.1 Å². The fourth-order valence-electron chi connectivity index (χ4n) is 1.53. The Morgan fingerprint density at radius 3 is 2.33 bits per heavy atom. The quantitative estimate of drug-likeness (QED) is 0.512. The van der Waals surface area contributed by atoms with Crippen molar-refractivity contribution in [2.24, 2.45) is 0 Å². The normalized spacial score (nSPS) is 12.4. The lowest BCUT2D eigenvalue weighted by molar-refractivity contribution is -0.139. The molecule has 4 N–H and O–H groups in total. The number of rotatable bonds is 7. The van der Waals surface area contributed by atoms with E-state index in [2.05, 4.69) is 15.4 Å². The van der Waals surface area contributed by atoms with Crippen LogP contribution in [0.1, 0.15) is 11.6 Å². The molecule has 21 heavy (non-hydrogen) atoms. The Bertz CT molecular complexity index is 588. The molecule has 0 saturated carbocycles. The number of carbonyl (C=O) groups excluding carboxylic acids is 1. The van der Waals surface area contributed by atoms with Crippen molar-refractivity contribution in [2.45, 2.75) is 6.04 Å². The fraction of sp³-hybridized carbons (Fsp3) is 0.333. The Hall–Kier alpha value is -2.13. The average molecular weight is 315 g/mol. The van der Waals surface area contributed by atoms with Crippen molar-refractivity contribution < 1.29 is 23.1 Å². The molecule has 0 bridgehead atoms. The zero-order chi connectivity index (χ0) is 15.9. The number of urea groups is 1. The molecule has 116 valence electrons. The first kappa shape index (κ1) is 16.9. The van der Waals surface area contributed by atoms with Crippen molar-refractivity contribution in [1.82, 2.24) is 15.4 Å². The Morgan fingerprint density at radius 2 is 1.81 bits per heavy atom. The first-order valence-corrected chi connectivity index (χ1v) is 7.95. The van der Waals surface area contributed by atoms with E-state index in [1.165, 1.54) is 0 Å². The van der Waals surface area contributed by atoms with Gasteiger partial charge in [0.15, 0.2) is 6.04 Å². The highest BCUT2D eigenvalue weighted by Crippen LogP contribution is 2.12. The van der Waals surface area contributed by atoms with Gasteiger partial charge in [0.2, 0.25) is 10.0 Å². The Balaban J connectivity index is 2.49. The van der Waals surface area contributed by atoms with Gasteiger partial charge in [-0.1, -0.05) is 30.3 Å². The van der Waals surface area contributed by atoms with E-state index in [0.717, 1.165) is 6.26 Å². The van der Waals surface area contributed by atoms with Crippen molar-refractivity contribution in [3.8, 4) is 0 Å². The first-order chi connectivity index (χ1) is 9.79. The maximum atomic E-state index is 11.6. The van der Waals surface area contributed by atoms with Gasteiger partial charge in [0.05, 0.1) is 6.26 Å². The van der Waals surface area contributed by atoms with E-state index >= 15 is 0 Å². The molecular formula is C12H17N3O5S. The highest BCUT2D eigenvalue weighted by molar-refractivity contribution is 7.88. The van der Waals surface area contributed by atoms with Crippen LogP contribution in [-0.2, 0) is 14.8 Å². The van der Waals surface area contributed by atoms with E-state index < -0.39 is 28.1 Å². The summed E-state index contributed by atoms with van der Waals surface area (Å²) in [6.45, 7) is 0.0648. The van der Waals surface area contributed by atoms with Crippen LogP contribution in [0.25, 0.3) is 0 Å². The summed E-state index contributed by atoms with van der Waals surface area (Å²) >= 11 is 0. The number of sulfonamides is 1. The average Bonchev–Trinajstić information content (AvgIpc) is 2.40. The van der Waals surface area contributed by atoms with Gasteiger partial charge in [0, 0.05) is 13.1 Å². The minimum absolute atomic E-state index is 0.0231. The van der Waals surface area contributed by atoms with E-state index in [9.17, 15) is 18.0 Å². The topological polar surface area (TPSA) is 125 Å². The molecule has 1 aromatic rings. The number of hydrogen-bond acceptors (Lipinski definition) is 4. The van der Waals surface area contributed by atoms with Gasteiger partial charge in [-0.3, -0.25) is 0 Å². The first-order valence-electron chi connectivity index (χ1n) is 6.06. The summed E-state index contributed by atoms with van der Waals surface area (Å²) < 4.78 is 23.8. The van der Waals surface area contributed by atoms with Gasteiger partial charge in [-0.15, -0.1) is 0 Å². The van der Waals surface area contributed by atoms with Crippen LogP contribution in [-0.4, -0.2) is 44.9 Å². The number of nitrogens with one attached hydrogen (secondary N) is 3. The second-order valence-corrected chi connectivity index (χ2v) is 6.08. The van der Waals surface area contributed by atoms with Crippen molar-refractivity contribution in [3.05, 3.63) is 35.9 Å². The molecule has 0 spiro atoms. The number of aliphatic carboxylic acids is 1. The van der Waals surface area contributed by atoms with Crippen LogP contribution in [0.3, 0.4) is 0 Å². The molecule has 1 rings (SSSR count). The lowest BCUT2D eigenvalue weighted by atomic mass is 10.1. The van der Waals surface area contributed by atoms with E-state index in [4.69, 9.17) is 5.11 Å². The van der Waals surface area contributed by atoms with Crippen LogP contribution in [0.15, 0.2) is 30.3 Å². The summed E-state index contributed by atoms with van der Waals surface area (Å²) in [5, 5.41) is 13.8. The van der Waals surface area contributed by atoms with Gasteiger partial charge in [0.25, 0.3) is 0 Å². The number of benzene rings is 1. The minimum atomic E-state index is -3.32. The number of amides is 2. The third-order valence-electron chi connectivity index (χ3n) is 2.43. The molecule has 0 saturated heterocycles. The minimum Gasteiger partial charge on any atom is -0.479 e. The van der Waals surface area contributed by atoms with Crippen LogP contribution >= 0.6 is 0 Å². The Labute approximate surface area is 122 Å². The van der Waals surface area contributed by atoms with Gasteiger partial charge in [0.1, 0.15) is 0 Å². The largest absolute Gasteiger partial charge is 0.479 e.